The number of carboxylic acids is 1. The molecule has 0 aromatic heterocycles. The lowest BCUT2D eigenvalue weighted by molar-refractivity contribution is -0.143. The van der Waals surface area contributed by atoms with E-state index < -0.39 is 12.0 Å². The van der Waals surface area contributed by atoms with Crippen LogP contribution in [0.4, 0.5) is 0 Å². The van der Waals surface area contributed by atoms with Crippen molar-refractivity contribution in [2.45, 2.75) is 25.3 Å². The Kier molecular flexibility index (Phi) is 4.79. The summed E-state index contributed by atoms with van der Waals surface area (Å²) in [6.45, 7) is 0.484. The van der Waals surface area contributed by atoms with Crippen molar-refractivity contribution in [1.29, 1.82) is 0 Å². The lowest BCUT2D eigenvalue weighted by Crippen LogP contribution is -2.47. The maximum absolute atomic E-state index is 12.6. The second kappa shape index (κ2) is 7.17. The number of para-hydroxylation sites is 1. The topological polar surface area (TPSA) is 66.8 Å². The first-order chi connectivity index (χ1) is 11.6. The Balaban J connectivity index is 1.72. The molecule has 1 N–H and O–H groups in total. The van der Waals surface area contributed by atoms with Gasteiger partial charge in [0, 0.05) is 12.1 Å². The number of rotatable bonds is 4. The molecule has 0 aliphatic carbocycles. The zero-order valence-electron chi connectivity index (χ0n) is 13.2. The molecule has 1 fully saturated rings. The van der Waals surface area contributed by atoms with E-state index in [1.165, 1.54) is 4.90 Å². The van der Waals surface area contributed by atoms with Gasteiger partial charge >= 0.3 is 5.97 Å². The van der Waals surface area contributed by atoms with Gasteiger partial charge in [0.15, 0.2) is 0 Å². The number of benzene rings is 2. The van der Waals surface area contributed by atoms with Gasteiger partial charge in [0.2, 0.25) is 0 Å². The van der Waals surface area contributed by atoms with Crippen LogP contribution >= 0.6 is 0 Å². The zero-order valence-corrected chi connectivity index (χ0v) is 13.2. The van der Waals surface area contributed by atoms with Crippen molar-refractivity contribution in [2.75, 3.05) is 6.54 Å². The molecule has 24 heavy (non-hydrogen) atoms. The van der Waals surface area contributed by atoms with E-state index in [-0.39, 0.29) is 5.91 Å². The van der Waals surface area contributed by atoms with Crippen LogP contribution in [0.2, 0.25) is 0 Å². The second-order valence-electron chi connectivity index (χ2n) is 5.79. The van der Waals surface area contributed by atoms with Crippen molar-refractivity contribution in [1.82, 2.24) is 4.90 Å². The number of ether oxygens (including phenoxy) is 1. The minimum Gasteiger partial charge on any atom is -0.480 e. The number of carboxylic acid groups (broad SMARTS) is 1. The van der Waals surface area contributed by atoms with E-state index in [2.05, 4.69) is 0 Å². The molecule has 0 spiro atoms. The molecule has 1 saturated heterocycles. The van der Waals surface area contributed by atoms with Crippen molar-refractivity contribution in [3.05, 3.63) is 60.2 Å². The molecule has 5 heteroatoms. The SMILES string of the molecule is O=C(O)[C@H]1CCCCN1C(=O)c1ccc(Oc2ccccc2)cc1. The van der Waals surface area contributed by atoms with Crippen molar-refractivity contribution in [3.8, 4) is 11.5 Å². The first-order valence-corrected chi connectivity index (χ1v) is 8.02. The smallest absolute Gasteiger partial charge is 0.326 e. The van der Waals surface area contributed by atoms with Crippen LogP contribution in [0.25, 0.3) is 0 Å². The third-order valence-electron chi connectivity index (χ3n) is 4.13. The summed E-state index contributed by atoms with van der Waals surface area (Å²) in [7, 11) is 0. The van der Waals surface area contributed by atoms with Gasteiger partial charge < -0.3 is 14.7 Å². The highest BCUT2D eigenvalue weighted by Gasteiger charge is 2.32. The van der Waals surface area contributed by atoms with Gasteiger partial charge in [0.05, 0.1) is 0 Å². The molecule has 1 heterocycles. The molecule has 1 aliphatic rings. The number of amides is 1. The van der Waals surface area contributed by atoms with E-state index in [9.17, 15) is 14.7 Å². The first-order valence-electron chi connectivity index (χ1n) is 8.02. The van der Waals surface area contributed by atoms with E-state index in [1.54, 1.807) is 24.3 Å². The minimum absolute atomic E-state index is 0.242. The third kappa shape index (κ3) is 3.56. The molecule has 0 unspecified atom stereocenters. The van der Waals surface area contributed by atoms with Crippen molar-refractivity contribution >= 4 is 11.9 Å². The van der Waals surface area contributed by atoms with E-state index in [0.29, 0.717) is 24.3 Å². The lowest BCUT2D eigenvalue weighted by Gasteiger charge is -2.33. The molecule has 0 bridgehead atoms. The number of nitrogens with zero attached hydrogens (tertiary/aromatic N) is 1. The average Bonchev–Trinajstić information content (AvgIpc) is 2.62. The molecule has 2 aromatic rings. The van der Waals surface area contributed by atoms with Crippen LogP contribution in [0.3, 0.4) is 0 Å². The molecule has 1 amide bonds. The Morgan fingerprint density at radius 2 is 1.62 bits per heavy atom. The van der Waals surface area contributed by atoms with Gasteiger partial charge in [0.25, 0.3) is 5.91 Å². The Bertz CT molecular complexity index is 712. The number of hydrogen-bond acceptors (Lipinski definition) is 3. The average molecular weight is 325 g/mol. The van der Waals surface area contributed by atoms with Crippen LogP contribution in [-0.2, 0) is 4.79 Å². The highest BCUT2D eigenvalue weighted by molar-refractivity contribution is 5.96. The summed E-state index contributed by atoms with van der Waals surface area (Å²) in [5, 5.41) is 9.30. The highest BCUT2D eigenvalue weighted by atomic mass is 16.5. The molecular weight excluding hydrogens is 306 g/mol. The van der Waals surface area contributed by atoms with Gasteiger partial charge in [-0.2, -0.15) is 0 Å². The molecule has 0 saturated carbocycles. The fourth-order valence-corrected chi connectivity index (χ4v) is 2.89. The monoisotopic (exact) mass is 325 g/mol. The first kappa shape index (κ1) is 16.1. The van der Waals surface area contributed by atoms with Gasteiger partial charge in [0.1, 0.15) is 17.5 Å². The normalized spacial score (nSPS) is 17.3. The summed E-state index contributed by atoms with van der Waals surface area (Å²) < 4.78 is 5.70. The van der Waals surface area contributed by atoms with Crippen molar-refractivity contribution in [3.63, 3.8) is 0 Å². The number of carbonyl (C=O) groups excluding carboxylic acids is 1. The van der Waals surface area contributed by atoms with E-state index >= 15 is 0 Å². The summed E-state index contributed by atoms with van der Waals surface area (Å²) in [4.78, 5) is 25.4. The van der Waals surface area contributed by atoms with Gasteiger partial charge in [-0.1, -0.05) is 18.2 Å². The van der Waals surface area contributed by atoms with Crippen molar-refractivity contribution in [2.24, 2.45) is 0 Å². The summed E-state index contributed by atoms with van der Waals surface area (Å²) in [6, 6.07) is 15.4. The number of aliphatic carboxylic acids is 1. The van der Waals surface area contributed by atoms with E-state index in [0.717, 1.165) is 18.6 Å². The largest absolute Gasteiger partial charge is 0.480 e. The number of carbonyl (C=O) groups is 2. The molecule has 1 aliphatic heterocycles. The molecule has 1 atom stereocenters. The third-order valence-corrected chi connectivity index (χ3v) is 4.13. The Hall–Kier alpha value is -2.82. The van der Waals surface area contributed by atoms with Crippen LogP contribution in [0.15, 0.2) is 54.6 Å². The van der Waals surface area contributed by atoms with E-state index in [1.807, 2.05) is 30.3 Å². The highest BCUT2D eigenvalue weighted by Crippen LogP contribution is 2.24. The molecule has 3 rings (SSSR count). The summed E-state index contributed by atoms with van der Waals surface area (Å²) in [6.07, 6.45) is 2.19. The quantitative estimate of drug-likeness (QED) is 0.933. The molecule has 124 valence electrons. The van der Waals surface area contributed by atoms with Gasteiger partial charge in [-0.05, 0) is 55.7 Å². The fourth-order valence-electron chi connectivity index (χ4n) is 2.89. The number of piperidine rings is 1. The Labute approximate surface area is 140 Å². The Morgan fingerprint density at radius 1 is 0.958 bits per heavy atom. The van der Waals surface area contributed by atoms with Gasteiger partial charge in [-0.3, -0.25) is 4.79 Å². The maximum atomic E-state index is 12.6. The van der Waals surface area contributed by atoms with Gasteiger partial charge in [-0.15, -0.1) is 0 Å². The summed E-state index contributed by atoms with van der Waals surface area (Å²) >= 11 is 0. The Morgan fingerprint density at radius 3 is 2.29 bits per heavy atom. The maximum Gasteiger partial charge on any atom is 0.326 e. The molecular formula is C19H19NO4. The van der Waals surface area contributed by atoms with Crippen LogP contribution in [0.5, 0.6) is 11.5 Å². The predicted molar refractivity (Wildman–Crippen MR) is 89.3 cm³/mol. The summed E-state index contributed by atoms with van der Waals surface area (Å²) in [5.74, 6) is 0.171. The van der Waals surface area contributed by atoms with Crippen LogP contribution < -0.4 is 4.74 Å². The second-order valence-corrected chi connectivity index (χ2v) is 5.79. The van der Waals surface area contributed by atoms with Crippen LogP contribution in [0.1, 0.15) is 29.6 Å². The fraction of sp³-hybridized carbons (Fsp3) is 0.263. The predicted octanol–water partition coefficient (Wildman–Crippen LogP) is 3.56. The summed E-state index contributed by atoms with van der Waals surface area (Å²) in [5.41, 5.74) is 0.476. The van der Waals surface area contributed by atoms with E-state index in [4.69, 9.17) is 4.74 Å². The number of likely N-dealkylation sites (tertiary alicyclic amines) is 1. The number of hydrogen-bond donors (Lipinski definition) is 1. The van der Waals surface area contributed by atoms with Crippen LogP contribution in [0, 0.1) is 0 Å². The van der Waals surface area contributed by atoms with Crippen LogP contribution in [-0.4, -0.2) is 34.5 Å². The standard InChI is InChI=1S/C19H19NO4/c21-18(20-13-5-4-8-17(20)19(22)23)14-9-11-16(12-10-14)24-15-6-2-1-3-7-15/h1-3,6-7,9-12,17H,4-5,8,13H2,(H,22,23)/t17-/m1/s1. The van der Waals surface area contributed by atoms with Crippen molar-refractivity contribution < 1.29 is 19.4 Å². The molecule has 2 aromatic carbocycles. The lowest BCUT2D eigenvalue weighted by atomic mass is 10.0. The van der Waals surface area contributed by atoms with Gasteiger partial charge in [-0.25, -0.2) is 4.79 Å². The molecule has 5 nitrogen and oxygen atoms in total. The minimum atomic E-state index is -0.938. The zero-order chi connectivity index (χ0) is 16.9. The molecule has 0 radical (unpaired) electrons.